The first kappa shape index (κ1) is 12.0. The summed E-state index contributed by atoms with van der Waals surface area (Å²) in [6.07, 6.45) is 2.47. The molecule has 0 heterocycles. The minimum atomic E-state index is -0.641. The summed E-state index contributed by atoms with van der Waals surface area (Å²) in [5.41, 5.74) is 6.29. The number of rotatable bonds is 3. The number of hydrogen-bond donors (Lipinski definition) is 2. The van der Waals surface area contributed by atoms with Crippen LogP contribution < -0.4 is 5.73 Å². The summed E-state index contributed by atoms with van der Waals surface area (Å²) in [6.45, 7) is 0. The molecule has 4 heteroatoms. The average molecular weight is 288 g/mol. The molecule has 1 aliphatic rings. The third-order valence-corrected chi connectivity index (χ3v) is 3.95. The lowest BCUT2D eigenvalue weighted by Crippen LogP contribution is -2.36. The fourth-order valence-electron chi connectivity index (χ4n) is 2.04. The van der Waals surface area contributed by atoms with Crippen LogP contribution in [-0.4, -0.2) is 11.2 Å². The van der Waals surface area contributed by atoms with Crippen LogP contribution in [0.15, 0.2) is 22.7 Å². The predicted octanol–water partition coefficient (Wildman–Crippen LogP) is 2.75. The van der Waals surface area contributed by atoms with E-state index in [9.17, 15) is 9.50 Å². The van der Waals surface area contributed by atoms with Crippen LogP contribution in [0.25, 0.3) is 0 Å². The summed E-state index contributed by atoms with van der Waals surface area (Å²) < 4.78 is 14.1. The van der Waals surface area contributed by atoms with E-state index in [1.54, 1.807) is 18.2 Å². The first-order chi connectivity index (χ1) is 7.61. The lowest BCUT2D eigenvalue weighted by molar-refractivity contribution is 0.0404. The maximum Gasteiger partial charge on any atom is 0.142 e. The molecule has 2 atom stereocenters. The standard InChI is InChI=1S/C12H15BrFNO/c13-9-6-2-5-8(10(9)14)11(15)12(16)7-3-1-4-7/h2,5-7,11-12,16H,1,3-4,15H2/t11-,12+/m1/s1. The smallest absolute Gasteiger partial charge is 0.142 e. The summed E-state index contributed by atoms with van der Waals surface area (Å²) in [7, 11) is 0. The van der Waals surface area contributed by atoms with Crippen LogP contribution in [0.3, 0.4) is 0 Å². The van der Waals surface area contributed by atoms with Crippen molar-refractivity contribution in [1.82, 2.24) is 0 Å². The number of aliphatic hydroxyl groups excluding tert-OH is 1. The van der Waals surface area contributed by atoms with E-state index < -0.39 is 12.1 Å². The minimum Gasteiger partial charge on any atom is -0.391 e. The highest BCUT2D eigenvalue weighted by molar-refractivity contribution is 9.10. The van der Waals surface area contributed by atoms with Crippen molar-refractivity contribution in [2.75, 3.05) is 0 Å². The zero-order valence-electron chi connectivity index (χ0n) is 8.87. The molecule has 0 aliphatic heterocycles. The minimum absolute atomic E-state index is 0.230. The molecule has 0 radical (unpaired) electrons. The van der Waals surface area contributed by atoms with Crippen LogP contribution in [0, 0.1) is 11.7 Å². The molecule has 2 nitrogen and oxygen atoms in total. The fourth-order valence-corrected chi connectivity index (χ4v) is 2.42. The molecule has 0 saturated heterocycles. The molecular formula is C12H15BrFNO. The Morgan fingerprint density at radius 3 is 2.69 bits per heavy atom. The molecule has 88 valence electrons. The van der Waals surface area contributed by atoms with Gasteiger partial charge in [0, 0.05) is 5.56 Å². The van der Waals surface area contributed by atoms with E-state index in [1.807, 2.05) is 0 Å². The van der Waals surface area contributed by atoms with Crippen LogP contribution in [0.4, 0.5) is 4.39 Å². The Hall–Kier alpha value is -0.450. The van der Waals surface area contributed by atoms with E-state index >= 15 is 0 Å². The van der Waals surface area contributed by atoms with E-state index in [0.29, 0.717) is 10.0 Å². The van der Waals surface area contributed by atoms with Crippen LogP contribution in [0.1, 0.15) is 30.9 Å². The molecule has 0 unspecified atom stereocenters. The number of aliphatic hydroxyl groups is 1. The maximum absolute atomic E-state index is 13.8. The lowest BCUT2D eigenvalue weighted by Gasteiger charge is -2.33. The second-order valence-corrected chi connectivity index (χ2v) is 5.20. The molecule has 1 fully saturated rings. The first-order valence-electron chi connectivity index (χ1n) is 5.49. The van der Waals surface area contributed by atoms with Gasteiger partial charge < -0.3 is 10.8 Å². The number of halogens is 2. The van der Waals surface area contributed by atoms with Crippen molar-refractivity contribution in [3.63, 3.8) is 0 Å². The largest absolute Gasteiger partial charge is 0.391 e. The van der Waals surface area contributed by atoms with Gasteiger partial charge in [0.15, 0.2) is 0 Å². The number of benzene rings is 1. The SMILES string of the molecule is N[C@H](c1cccc(Br)c1F)[C@@H](O)C1CCC1. The summed E-state index contributed by atoms with van der Waals surface area (Å²) in [5.74, 6) is -0.137. The molecule has 1 aliphatic carbocycles. The Morgan fingerprint density at radius 2 is 2.12 bits per heavy atom. The molecule has 3 N–H and O–H groups in total. The highest BCUT2D eigenvalue weighted by Crippen LogP contribution is 2.35. The summed E-state index contributed by atoms with van der Waals surface area (Å²) in [4.78, 5) is 0. The Labute approximate surface area is 103 Å². The predicted molar refractivity (Wildman–Crippen MR) is 64.4 cm³/mol. The monoisotopic (exact) mass is 287 g/mol. The zero-order chi connectivity index (χ0) is 11.7. The van der Waals surface area contributed by atoms with Crippen molar-refractivity contribution in [3.05, 3.63) is 34.1 Å². The van der Waals surface area contributed by atoms with E-state index in [-0.39, 0.29) is 11.7 Å². The summed E-state index contributed by atoms with van der Waals surface area (Å²) in [6, 6.07) is 4.35. The molecule has 1 saturated carbocycles. The van der Waals surface area contributed by atoms with Gasteiger partial charge in [-0.3, -0.25) is 0 Å². The highest BCUT2D eigenvalue weighted by Gasteiger charge is 2.31. The van der Waals surface area contributed by atoms with Gasteiger partial charge in [-0.05, 0) is 40.8 Å². The third-order valence-electron chi connectivity index (χ3n) is 3.34. The van der Waals surface area contributed by atoms with Gasteiger partial charge in [0.25, 0.3) is 0 Å². The molecule has 16 heavy (non-hydrogen) atoms. The molecule has 2 rings (SSSR count). The molecule has 0 amide bonds. The zero-order valence-corrected chi connectivity index (χ0v) is 10.5. The molecule has 0 aromatic heterocycles. The van der Waals surface area contributed by atoms with Gasteiger partial charge in [-0.1, -0.05) is 18.6 Å². The average Bonchev–Trinajstić information content (AvgIpc) is 2.18. The second kappa shape index (κ2) is 4.82. The summed E-state index contributed by atoms with van der Waals surface area (Å²) in [5, 5.41) is 10.00. The Morgan fingerprint density at radius 1 is 1.44 bits per heavy atom. The van der Waals surface area contributed by atoms with Gasteiger partial charge in [0.2, 0.25) is 0 Å². The van der Waals surface area contributed by atoms with Gasteiger partial charge in [-0.2, -0.15) is 0 Å². The van der Waals surface area contributed by atoms with Gasteiger partial charge in [-0.15, -0.1) is 0 Å². The van der Waals surface area contributed by atoms with E-state index in [0.717, 1.165) is 19.3 Å². The van der Waals surface area contributed by atoms with E-state index in [1.165, 1.54) is 0 Å². The summed E-state index contributed by atoms with van der Waals surface area (Å²) >= 11 is 3.12. The van der Waals surface area contributed by atoms with E-state index in [4.69, 9.17) is 5.73 Å². The van der Waals surface area contributed by atoms with Gasteiger partial charge in [-0.25, -0.2) is 4.39 Å². The third kappa shape index (κ3) is 2.14. The molecular weight excluding hydrogens is 273 g/mol. The number of hydrogen-bond acceptors (Lipinski definition) is 2. The Balaban J connectivity index is 2.19. The Bertz CT molecular complexity index is 381. The number of nitrogens with two attached hydrogens (primary N) is 1. The maximum atomic E-state index is 13.8. The Kier molecular flexibility index (Phi) is 3.62. The first-order valence-corrected chi connectivity index (χ1v) is 6.28. The molecule has 0 bridgehead atoms. The molecule has 0 spiro atoms. The van der Waals surface area contributed by atoms with Crippen LogP contribution in [0.5, 0.6) is 0 Å². The van der Waals surface area contributed by atoms with Crippen molar-refractivity contribution in [2.45, 2.75) is 31.4 Å². The fraction of sp³-hybridized carbons (Fsp3) is 0.500. The topological polar surface area (TPSA) is 46.2 Å². The van der Waals surface area contributed by atoms with Crippen LogP contribution in [0.2, 0.25) is 0 Å². The van der Waals surface area contributed by atoms with Crippen molar-refractivity contribution in [3.8, 4) is 0 Å². The van der Waals surface area contributed by atoms with Gasteiger partial charge in [0.1, 0.15) is 5.82 Å². The van der Waals surface area contributed by atoms with Gasteiger partial charge in [0.05, 0.1) is 16.6 Å². The van der Waals surface area contributed by atoms with Crippen molar-refractivity contribution < 1.29 is 9.50 Å². The lowest BCUT2D eigenvalue weighted by atomic mass is 9.77. The quantitative estimate of drug-likeness (QED) is 0.898. The second-order valence-electron chi connectivity index (χ2n) is 4.35. The normalized spacial score (nSPS) is 20.2. The van der Waals surface area contributed by atoms with Crippen LogP contribution >= 0.6 is 15.9 Å². The van der Waals surface area contributed by atoms with Crippen molar-refractivity contribution in [2.24, 2.45) is 11.7 Å². The van der Waals surface area contributed by atoms with Gasteiger partial charge >= 0.3 is 0 Å². The molecule has 1 aromatic carbocycles. The van der Waals surface area contributed by atoms with Crippen molar-refractivity contribution in [1.29, 1.82) is 0 Å². The van der Waals surface area contributed by atoms with Crippen LogP contribution in [-0.2, 0) is 0 Å². The highest BCUT2D eigenvalue weighted by atomic mass is 79.9. The molecule has 1 aromatic rings. The van der Waals surface area contributed by atoms with E-state index in [2.05, 4.69) is 15.9 Å². The van der Waals surface area contributed by atoms with Crippen molar-refractivity contribution >= 4 is 15.9 Å².